The highest BCUT2D eigenvalue weighted by Gasteiger charge is 2.24. The Hall–Kier alpha value is -4.20. The Morgan fingerprint density at radius 2 is 1.91 bits per heavy atom. The van der Waals surface area contributed by atoms with Crippen LogP contribution < -0.4 is 5.32 Å². The Kier molecular flexibility index (Phi) is 4.53. The lowest BCUT2D eigenvalue weighted by atomic mass is 10.1. The third kappa shape index (κ3) is 3.90. The number of aromatic nitrogens is 7. The van der Waals surface area contributed by atoms with E-state index >= 15 is 0 Å². The van der Waals surface area contributed by atoms with Gasteiger partial charge in [-0.3, -0.25) is 14.6 Å². The zero-order valence-electron chi connectivity index (χ0n) is 17.3. The first-order valence-corrected chi connectivity index (χ1v) is 10.6. The first-order chi connectivity index (χ1) is 15.8. The summed E-state index contributed by atoms with van der Waals surface area (Å²) in [6.07, 6.45) is 13.6. The Labute approximate surface area is 184 Å². The number of pyridine rings is 3. The Balaban J connectivity index is 1.25. The Bertz CT molecular complexity index is 1390. The number of nitrogens with zero attached hydrogens (tertiary/aromatic N) is 7. The van der Waals surface area contributed by atoms with Crippen molar-refractivity contribution in [1.29, 1.82) is 0 Å². The molecule has 8 nitrogen and oxygen atoms in total. The maximum atomic E-state index is 4.74. The van der Waals surface area contributed by atoms with Gasteiger partial charge >= 0.3 is 0 Å². The van der Waals surface area contributed by atoms with Gasteiger partial charge in [0.2, 0.25) is 0 Å². The van der Waals surface area contributed by atoms with Crippen molar-refractivity contribution in [3.63, 3.8) is 0 Å². The summed E-state index contributed by atoms with van der Waals surface area (Å²) in [7, 11) is 0. The second-order valence-electron chi connectivity index (χ2n) is 8.02. The molecule has 0 bridgehead atoms. The normalized spacial score (nSPS) is 13.4. The van der Waals surface area contributed by atoms with Gasteiger partial charge in [0.1, 0.15) is 5.82 Å². The van der Waals surface area contributed by atoms with Gasteiger partial charge < -0.3 is 5.32 Å². The van der Waals surface area contributed by atoms with E-state index in [1.807, 2.05) is 66.0 Å². The highest BCUT2D eigenvalue weighted by molar-refractivity contribution is 5.81. The van der Waals surface area contributed by atoms with Crippen LogP contribution in [0.25, 0.3) is 22.2 Å². The fourth-order valence-corrected chi connectivity index (χ4v) is 3.73. The van der Waals surface area contributed by atoms with Crippen LogP contribution in [0.4, 0.5) is 11.6 Å². The lowest BCUT2D eigenvalue weighted by Crippen LogP contribution is -1.99. The van der Waals surface area contributed by atoms with Crippen LogP contribution in [0.2, 0.25) is 0 Å². The SMILES string of the molecule is c1cncc(Cn2cc(-c3cnc4ccc(Nc5cc(C6CC6)cnn5)nc4c3)cn2)c1. The topological polar surface area (TPSA) is 94.3 Å². The van der Waals surface area contributed by atoms with Crippen LogP contribution in [-0.2, 0) is 6.54 Å². The lowest BCUT2D eigenvalue weighted by molar-refractivity contribution is 0.685. The van der Waals surface area contributed by atoms with E-state index in [0.717, 1.165) is 27.7 Å². The highest BCUT2D eigenvalue weighted by Crippen LogP contribution is 2.40. The van der Waals surface area contributed by atoms with E-state index in [1.54, 1.807) is 6.20 Å². The third-order valence-electron chi connectivity index (χ3n) is 5.55. The lowest BCUT2D eigenvalue weighted by Gasteiger charge is -2.07. The molecule has 0 spiro atoms. The summed E-state index contributed by atoms with van der Waals surface area (Å²) in [5.41, 5.74) is 5.93. The number of rotatable bonds is 6. The summed E-state index contributed by atoms with van der Waals surface area (Å²) in [6.45, 7) is 0.669. The van der Waals surface area contributed by atoms with Crippen molar-refractivity contribution in [2.45, 2.75) is 25.3 Å². The smallest absolute Gasteiger partial charge is 0.154 e. The average molecular weight is 420 g/mol. The first-order valence-electron chi connectivity index (χ1n) is 10.6. The van der Waals surface area contributed by atoms with Crippen LogP contribution in [0.1, 0.15) is 29.9 Å². The third-order valence-corrected chi connectivity index (χ3v) is 5.55. The van der Waals surface area contributed by atoms with Crippen LogP contribution in [0.15, 0.2) is 73.6 Å². The molecule has 5 heterocycles. The molecular weight excluding hydrogens is 400 g/mol. The molecule has 0 radical (unpaired) electrons. The minimum Gasteiger partial charge on any atom is -0.323 e. The molecule has 1 aliphatic rings. The van der Waals surface area contributed by atoms with Crippen LogP contribution in [0.5, 0.6) is 0 Å². The van der Waals surface area contributed by atoms with Crippen molar-refractivity contribution in [3.05, 3.63) is 84.7 Å². The van der Waals surface area contributed by atoms with Gasteiger partial charge in [-0.05, 0) is 60.2 Å². The number of nitrogens with one attached hydrogen (secondary N) is 1. The van der Waals surface area contributed by atoms with Crippen LogP contribution in [-0.4, -0.2) is 34.9 Å². The summed E-state index contributed by atoms with van der Waals surface area (Å²) >= 11 is 0. The Morgan fingerprint density at radius 3 is 2.78 bits per heavy atom. The summed E-state index contributed by atoms with van der Waals surface area (Å²) in [6, 6.07) is 11.9. The van der Waals surface area contributed by atoms with E-state index in [9.17, 15) is 0 Å². The van der Waals surface area contributed by atoms with Gasteiger partial charge in [0.05, 0.1) is 30.0 Å². The molecule has 5 aromatic rings. The molecule has 5 aromatic heterocycles. The van der Waals surface area contributed by atoms with Crippen LogP contribution in [0.3, 0.4) is 0 Å². The van der Waals surface area contributed by atoms with Crippen molar-refractivity contribution in [1.82, 2.24) is 34.9 Å². The van der Waals surface area contributed by atoms with Crippen molar-refractivity contribution >= 4 is 22.7 Å². The molecule has 0 amide bonds. The number of hydrogen-bond acceptors (Lipinski definition) is 7. The van der Waals surface area contributed by atoms with E-state index < -0.39 is 0 Å². The van der Waals surface area contributed by atoms with Crippen LogP contribution >= 0.6 is 0 Å². The molecule has 8 heteroatoms. The van der Waals surface area contributed by atoms with Gasteiger partial charge in [-0.2, -0.15) is 10.2 Å². The standard InChI is InChI=1S/C24H20N8/c1-2-16(10-25-7-1)14-32-15-20(13-28-32)18-8-22-21(26-11-18)5-6-23(29-22)30-24-9-19(12-27-31-24)17-3-4-17/h1-2,5-13,15,17H,3-4,14H2,(H,29,30,31). The number of fused-ring (bicyclic) bond motifs is 1. The number of anilines is 2. The fourth-order valence-electron chi connectivity index (χ4n) is 3.73. The minimum atomic E-state index is 0.626. The van der Waals surface area contributed by atoms with Gasteiger partial charge in [-0.1, -0.05) is 6.07 Å². The van der Waals surface area contributed by atoms with E-state index in [4.69, 9.17) is 4.98 Å². The molecule has 156 valence electrons. The predicted octanol–water partition coefficient (Wildman–Crippen LogP) is 4.35. The largest absolute Gasteiger partial charge is 0.323 e. The van der Waals surface area contributed by atoms with Crippen LogP contribution in [0, 0.1) is 0 Å². The maximum Gasteiger partial charge on any atom is 0.154 e. The summed E-state index contributed by atoms with van der Waals surface area (Å²) in [4.78, 5) is 13.5. The molecule has 0 aliphatic heterocycles. The zero-order chi connectivity index (χ0) is 21.3. The van der Waals surface area contributed by atoms with Gasteiger partial charge in [0, 0.05) is 35.9 Å². The molecule has 0 unspecified atom stereocenters. The van der Waals surface area contributed by atoms with Gasteiger partial charge in [-0.15, -0.1) is 5.10 Å². The van der Waals surface area contributed by atoms with E-state index in [2.05, 4.69) is 36.6 Å². The van der Waals surface area contributed by atoms with E-state index in [0.29, 0.717) is 24.1 Å². The van der Waals surface area contributed by atoms with Crippen molar-refractivity contribution < 1.29 is 0 Å². The molecule has 1 saturated carbocycles. The molecule has 32 heavy (non-hydrogen) atoms. The molecule has 1 N–H and O–H groups in total. The molecule has 1 fully saturated rings. The van der Waals surface area contributed by atoms with Crippen molar-refractivity contribution in [2.24, 2.45) is 0 Å². The highest BCUT2D eigenvalue weighted by atomic mass is 15.3. The maximum absolute atomic E-state index is 4.74. The van der Waals surface area contributed by atoms with Crippen molar-refractivity contribution in [3.8, 4) is 11.1 Å². The summed E-state index contributed by atoms with van der Waals surface area (Å²) < 4.78 is 1.90. The second-order valence-corrected chi connectivity index (χ2v) is 8.02. The van der Waals surface area contributed by atoms with Gasteiger partial charge in [-0.25, -0.2) is 4.98 Å². The van der Waals surface area contributed by atoms with Gasteiger partial charge in [0.25, 0.3) is 0 Å². The van der Waals surface area contributed by atoms with Gasteiger partial charge in [0.15, 0.2) is 5.82 Å². The molecule has 0 atom stereocenters. The average Bonchev–Trinajstić information content (AvgIpc) is 3.58. The van der Waals surface area contributed by atoms with E-state index in [1.165, 1.54) is 18.4 Å². The molecule has 1 aliphatic carbocycles. The molecule has 0 saturated heterocycles. The molecule has 0 aromatic carbocycles. The quantitative estimate of drug-likeness (QED) is 0.436. The summed E-state index contributed by atoms with van der Waals surface area (Å²) in [5, 5.41) is 16.1. The number of hydrogen-bond donors (Lipinski definition) is 1. The fraction of sp³-hybridized carbons (Fsp3) is 0.167. The monoisotopic (exact) mass is 420 g/mol. The second kappa shape index (κ2) is 7.81. The predicted molar refractivity (Wildman–Crippen MR) is 121 cm³/mol. The first kappa shape index (κ1) is 18.6. The zero-order valence-corrected chi connectivity index (χ0v) is 17.3. The minimum absolute atomic E-state index is 0.626. The van der Waals surface area contributed by atoms with E-state index in [-0.39, 0.29) is 0 Å². The summed E-state index contributed by atoms with van der Waals surface area (Å²) in [5.74, 6) is 2.05. The van der Waals surface area contributed by atoms with Crippen molar-refractivity contribution in [2.75, 3.05) is 5.32 Å². The Morgan fingerprint density at radius 1 is 0.938 bits per heavy atom. The molecule has 6 rings (SSSR count). The molecular formula is C24H20N8.